The molecular weight excluding hydrogens is 389 g/mol. The second-order valence-corrected chi connectivity index (χ2v) is 6.23. The van der Waals surface area contributed by atoms with Crippen LogP contribution in [-0.2, 0) is 9.53 Å². The zero-order chi connectivity index (χ0) is 21.5. The number of halogens is 1. The van der Waals surface area contributed by atoms with Gasteiger partial charge in [-0.25, -0.2) is 9.18 Å². The average Bonchev–Trinajstić information content (AvgIpc) is 2.78. The summed E-state index contributed by atoms with van der Waals surface area (Å²) in [6.45, 7) is -0.554. The van der Waals surface area contributed by atoms with E-state index in [1.165, 1.54) is 43.5 Å². The normalized spacial score (nSPS) is 10.2. The summed E-state index contributed by atoms with van der Waals surface area (Å²) in [4.78, 5) is 37.3. The number of ether oxygens (including phenoxy) is 2. The number of carbonyl (C=O) groups is 3. The highest BCUT2D eigenvalue weighted by atomic mass is 19.1. The molecule has 0 unspecified atom stereocenters. The van der Waals surface area contributed by atoms with Crippen molar-refractivity contribution in [2.75, 3.05) is 19.0 Å². The van der Waals surface area contributed by atoms with Crippen molar-refractivity contribution in [1.29, 1.82) is 0 Å². The van der Waals surface area contributed by atoms with Crippen LogP contribution >= 0.6 is 0 Å². The number of amides is 1. The number of esters is 1. The predicted octanol–water partition coefficient (Wildman–Crippen LogP) is 3.86. The van der Waals surface area contributed by atoms with E-state index in [4.69, 9.17) is 9.47 Å². The van der Waals surface area contributed by atoms with Gasteiger partial charge in [0.1, 0.15) is 11.6 Å². The first kappa shape index (κ1) is 20.7. The van der Waals surface area contributed by atoms with Gasteiger partial charge in [-0.3, -0.25) is 9.59 Å². The van der Waals surface area contributed by atoms with Crippen LogP contribution in [0.25, 0.3) is 0 Å². The third-order valence-electron chi connectivity index (χ3n) is 4.21. The van der Waals surface area contributed by atoms with Crippen molar-refractivity contribution in [3.63, 3.8) is 0 Å². The Morgan fingerprint density at radius 3 is 2.13 bits per heavy atom. The fourth-order valence-corrected chi connectivity index (χ4v) is 2.70. The van der Waals surface area contributed by atoms with Crippen molar-refractivity contribution in [3.8, 4) is 5.75 Å². The Hall–Kier alpha value is -4.00. The van der Waals surface area contributed by atoms with Gasteiger partial charge in [0.05, 0.1) is 12.7 Å². The standard InChI is InChI=1S/C23H18FNO5/c1-29-18-12-6-15(7-13-18)22(27)19-4-2-3-5-20(19)23(28)30-14-21(26)25-17-10-8-16(24)9-11-17/h2-13H,14H2,1H3,(H,25,26). The summed E-state index contributed by atoms with van der Waals surface area (Å²) in [6.07, 6.45) is 0. The molecule has 0 aromatic heterocycles. The number of benzene rings is 3. The predicted molar refractivity (Wildman–Crippen MR) is 108 cm³/mol. The monoisotopic (exact) mass is 407 g/mol. The second-order valence-electron chi connectivity index (χ2n) is 6.23. The van der Waals surface area contributed by atoms with Crippen molar-refractivity contribution in [1.82, 2.24) is 0 Å². The Kier molecular flexibility index (Phi) is 6.54. The Labute approximate surface area is 172 Å². The van der Waals surface area contributed by atoms with Crippen LogP contribution in [0.5, 0.6) is 5.75 Å². The minimum absolute atomic E-state index is 0.0490. The van der Waals surface area contributed by atoms with E-state index in [2.05, 4.69) is 5.32 Å². The van der Waals surface area contributed by atoms with Gasteiger partial charge in [-0.2, -0.15) is 0 Å². The Balaban J connectivity index is 1.68. The molecule has 0 saturated heterocycles. The molecule has 3 aromatic carbocycles. The van der Waals surface area contributed by atoms with Crippen molar-refractivity contribution < 1.29 is 28.2 Å². The highest BCUT2D eigenvalue weighted by Crippen LogP contribution is 2.18. The summed E-state index contributed by atoms with van der Waals surface area (Å²) in [5.74, 6) is -1.58. The van der Waals surface area contributed by atoms with Crippen LogP contribution in [0.1, 0.15) is 26.3 Å². The van der Waals surface area contributed by atoms with Gasteiger partial charge in [0, 0.05) is 16.8 Å². The van der Waals surface area contributed by atoms with Crippen LogP contribution in [-0.4, -0.2) is 31.4 Å². The van der Waals surface area contributed by atoms with Gasteiger partial charge >= 0.3 is 5.97 Å². The number of rotatable bonds is 7. The molecule has 0 heterocycles. The molecule has 0 fully saturated rings. The quantitative estimate of drug-likeness (QED) is 0.475. The van der Waals surface area contributed by atoms with Gasteiger partial charge in [0.2, 0.25) is 0 Å². The molecule has 152 valence electrons. The lowest BCUT2D eigenvalue weighted by Gasteiger charge is -2.10. The number of nitrogens with one attached hydrogen (secondary N) is 1. The summed E-state index contributed by atoms with van der Waals surface area (Å²) in [6, 6.07) is 17.9. The molecule has 6 nitrogen and oxygen atoms in total. The van der Waals surface area contributed by atoms with Crippen LogP contribution < -0.4 is 10.1 Å². The molecule has 30 heavy (non-hydrogen) atoms. The van der Waals surface area contributed by atoms with Crippen molar-refractivity contribution in [2.24, 2.45) is 0 Å². The maximum Gasteiger partial charge on any atom is 0.339 e. The summed E-state index contributed by atoms with van der Waals surface area (Å²) in [5.41, 5.74) is 0.956. The Morgan fingerprint density at radius 2 is 1.50 bits per heavy atom. The molecule has 7 heteroatoms. The van der Waals surface area contributed by atoms with Gasteiger partial charge in [-0.15, -0.1) is 0 Å². The third kappa shape index (κ3) is 5.08. The second kappa shape index (κ2) is 9.47. The van der Waals surface area contributed by atoms with E-state index in [9.17, 15) is 18.8 Å². The maximum absolute atomic E-state index is 12.9. The molecule has 0 bridgehead atoms. The van der Waals surface area contributed by atoms with Crippen molar-refractivity contribution >= 4 is 23.3 Å². The van der Waals surface area contributed by atoms with Gasteiger partial charge in [0.25, 0.3) is 5.91 Å². The maximum atomic E-state index is 12.9. The number of ketones is 1. The summed E-state index contributed by atoms with van der Waals surface area (Å²) >= 11 is 0. The lowest BCUT2D eigenvalue weighted by molar-refractivity contribution is -0.119. The van der Waals surface area contributed by atoms with Gasteiger partial charge in [-0.05, 0) is 54.6 Å². The molecule has 0 radical (unpaired) electrons. The highest BCUT2D eigenvalue weighted by Gasteiger charge is 2.20. The van der Waals surface area contributed by atoms with Gasteiger partial charge in [-0.1, -0.05) is 18.2 Å². The fourth-order valence-electron chi connectivity index (χ4n) is 2.70. The number of methoxy groups -OCH3 is 1. The molecule has 0 aliphatic rings. The minimum atomic E-state index is -0.804. The average molecular weight is 407 g/mol. The molecule has 3 rings (SSSR count). The summed E-state index contributed by atoms with van der Waals surface area (Å²) in [7, 11) is 1.52. The van der Waals surface area contributed by atoms with Crippen LogP contribution in [0.3, 0.4) is 0 Å². The first-order valence-corrected chi connectivity index (χ1v) is 8.98. The smallest absolute Gasteiger partial charge is 0.339 e. The molecule has 1 N–H and O–H groups in total. The van der Waals surface area contributed by atoms with Crippen LogP contribution in [0.2, 0.25) is 0 Å². The third-order valence-corrected chi connectivity index (χ3v) is 4.21. The molecule has 0 saturated carbocycles. The van der Waals surface area contributed by atoms with Crippen molar-refractivity contribution in [2.45, 2.75) is 0 Å². The van der Waals surface area contributed by atoms with Crippen LogP contribution in [0.4, 0.5) is 10.1 Å². The van der Waals surface area contributed by atoms with Crippen LogP contribution in [0, 0.1) is 5.82 Å². The topological polar surface area (TPSA) is 81.7 Å². The lowest BCUT2D eigenvalue weighted by atomic mass is 9.98. The highest BCUT2D eigenvalue weighted by molar-refractivity contribution is 6.14. The molecular formula is C23H18FNO5. The fraction of sp³-hybridized carbons (Fsp3) is 0.0870. The number of hydrogen-bond acceptors (Lipinski definition) is 5. The summed E-state index contributed by atoms with van der Waals surface area (Å²) < 4.78 is 23.0. The molecule has 0 aliphatic carbocycles. The van der Waals surface area contributed by atoms with E-state index in [-0.39, 0.29) is 16.9 Å². The zero-order valence-electron chi connectivity index (χ0n) is 16.1. The van der Waals surface area contributed by atoms with E-state index in [1.807, 2.05) is 0 Å². The zero-order valence-corrected chi connectivity index (χ0v) is 16.1. The SMILES string of the molecule is COc1ccc(C(=O)c2ccccc2C(=O)OCC(=O)Nc2ccc(F)cc2)cc1. The molecule has 0 aliphatic heterocycles. The van der Waals surface area contributed by atoms with Crippen molar-refractivity contribution in [3.05, 3.63) is 95.3 Å². The van der Waals surface area contributed by atoms with E-state index < -0.39 is 24.3 Å². The van der Waals surface area contributed by atoms with Gasteiger partial charge in [0.15, 0.2) is 12.4 Å². The first-order chi connectivity index (χ1) is 14.5. The molecule has 0 spiro atoms. The molecule has 3 aromatic rings. The van der Waals surface area contributed by atoms with E-state index in [1.54, 1.807) is 36.4 Å². The van der Waals surface area contributed by atoms with E-state index in [0.29, 0.717) is 17.0 Å². The number of carbonyl (C=O) groups excluding carboxylic acids is 3. The number of anilines is 1. The largest absolute Gasteiger partial charge is 0.497 e. The Morgan fingerprint density at radius 1 is 0.867 bits per heavy atom. The summed E-state index contributed by atoms with van der Waals surface area (Å²) in [5, 5.41) is 2.49. The van der Waals surface area contributed by atoms with Gasteiger partial charge < -0.3 is 14.8 Å². The molecule has 0 atom stereocenters. The minimum Gasteiger partial charge on any atom is -0.497 e. The van der Waals surface area contributed by atoms with E-state index in [0.717, 1.165) is 0 Å². The van der Waals surface area contributed by atoms with E-state index >= 15 is 0 Å². The Bertz CT molecular complexity index is 1060. The lowest BCUT2D eigenvalue weighted by Crippen LogP contribution is -2.22. The molecule has 1 amide bonds. The number of hydrogen-bond donors (Lipinski definition) is 1. The van der Waals surface area contributed by atoms with Crippen LogP contribution in [0.15, 0.2) is 72.8 Å². The first-order valence-electron chi connectivity index (χ1n) is 8.98.